The highest BCUT2D eigenvalue weighted by Gasteiger charge is 2.38. The van der Waals surface area contributed by atoms with Gasteiger partial charge in [-0.25, -0.2) is 9.59 Å². The third-order valence-corrected chi connectivity index (χ3v) is 12.9. The number of esters is 6. The number of hydrogen-bond donors (Lipinski definition) is 0. The molecule has 4 rings (SSSR count). The second kappa shape index (κ2) is 28.4. The fourth-order valence-corrected chi connectivity index (χ4v) is 8.61. The largest absolute Gasteiger partial charge is 0.492 e. The zero-order valence-electron chi connectivity index (χ0n) is 42.5. The second-order valence-electron chi connectivity index (χ2n) is 18.5. The Morgan fingerprint density at radius 1 is 0.586 bits per heavy atom. The van der Waals surface area contributed by atoms with Gasteiger partial charge >= 0.3 is 35.8 Å². The van der Waals surface area contributed by atoms with Crippen molar-refractivity contribution in [2.45, 2.75) is 130 Å². The monoisotopic (exact) mass is 967 g/mol. The van der Waals surface area contributed by atoms with Gasteiger partial charge in [0.05, 0.1) is 20.8 Å². The number of hydrogen-bond acceptors (Lipinski definition) is 13. The van der Waals surface area contributed by atoms with Crippen molar-refractivity contribution in [3.8, 4) is 28.0 Å². The first-order valence-electron chi connectivity index (χ1n) is 24.7. The van der Waals surface area contributed by atoms with Crippen LogP contribution in [-0.4, -0.2) is 83.1 Å². The molecule has 3 aromatic carbocycles. The number of rotatable bonds is 28. The summed E-state index contributed by atoms with van der Waals surface area (Å²) < 4.78 is 37.9. The summed E-state index contributed by atoms with van der Waals surface area (Å²) in [6, 6.07) is 19.7. The lowest BCUT2D eigenvalue weighted by molar-refractivity contribution is -0.165. The van der Waals surface area contributed by atoms with Crippen molar-refractivity contribution in [1.29, 1.82) is 0 Å². The molecule has 0 saturated heterocycles. The van der Waals surface area contributed by atoms with Gasteiger partial charge in [-0.05, 0) is 134 Å². The summed E-state index contributed by atoms with van der Waals surface area (Å²) in [6.45, 7) is 15.0. The minimum absolute atomic E-state index is 0.0797. The van der Waals surface area contributed by atoms with Crippen molar-refractivity contribution in [2.75, 3.05) is 47.3 Å². The first-order chi connectivity index (χ1) is 33.5. The van der Waals surface area contributed by atoms with Gasteiger partial charge in [-0.15, -0.1) is 0 Å². The summed E-state index contributed by atoms with van der Waals surface area (Å²) in [5, 5.41) is 0. The van der Waals surface area contributed by atoms with Crippen LogP contribution in [0, 0.1) is 11.3 Å². The van der Waals surface area contributed by atoms with Gasteiger partial charge in [0.25, 0.3) is 0 Å². The smallest absolute Gasteiger partial charge is 0.333 e. The fraction of sp³-hybridized carbons (Fsp3) is 0.509. The van der Waals surface area contributed by atoms with Crippen molar-refractivity contribution in [1.82, 2.24) is 0 Å². The van der Waals surface area contributed by atoms with Gasteiger partial charge in [0, 0.05) is 11.1 Å². The summed E-state index contributed by atoms with van der Waals surface area (Å²) in [6.07, 6.45) is 11.2. The standard InChI is InChI=1S/C57H74O13/c1-10-13-14-16-40-18-20-43(21-19-40)44-22-24-45(25-23-44)46-26-27-48(41(11-2)29-46)49-30-47(17-15-28-66-55(62)38(4)5)50(31-42(49)12-3)67-34-57(37-70-56(63)39(6)7,35-68-53(60)32-51(58)64-8)36-69-54(61)33-52(59)65-9/h22-27,29-31,40,43H,4,6,10-21,28,32-37H2,1-3,5,7-9H3. The Kier molecular flexibility index (Phi) is 22.9. The molecule has 70 heavy (non-hydrogen) atoms. The average Bonchev–Trinajstić information content (AvgIpc) is 3.36. The average molecular weight is 967 g/mol. The summed E-state index contributed by atoms with van der Waals surface area (Å²) in [7, 11) is 2.25. The Labute approximate surface area is 414 Å². The molecule has 0 N–H and O–H groups in total. The zero-order valence-corrected chi connectivity index (χ0v) is 42.5. The van der Waals surface area contributed by atoms with E-state index in [4.69, 9.17) is 23.7 Å². The van der Waals surface area contributed by atoms with Crippen LogP contribution in [-0.2, 0) is 76.5 Å². The lowest BCUT2D eigenvalue weighted by Crippen LogP contribution is -2.44. The van der Waals surface area contributed by atoms with E-state index in [1.54, 1.807) is 6.92 Å². The van der Waals surface area contributed by atoms with Crippen LogP contribution >= 0.6 is 0 Å². The van der Waals surface area contributed by atoms with E-state index in [0.717, 1.165) is 65.5 Å². The van der Waals surface area contributed by atoms with Gasteiger partial charge in [-0.2, -0.15) is 0 Å². The third kappa shape index (κ3) is 17.3. The van der Waals surface area contributed by atoms with Gasteiger partial charge < -0.3 is 33.2 Å². The van der Waals surface area contributed by atoms with Crippen LogP contribution in [0.25, 0.3) is 22.3 Å². The molecule has 1 aliphatic rings. The Balaban J connectivity index is 1.71. The molecule has 0 amide bonds. The van der Waals surface area contributed by atoms with Crippen molar-refractivity contribution >= 4 is 35.8 Å². The molecule has 0 aromatic heterocycles. The predicted octanol–water partition coefficient (Wildman–Crippen LogP) is 10.7. The molecule has 13 heteroatoms. The molecule has 3 aromatic rings. The van der Waals surface area contributed by atoms with Crippen LogP contribution in [0.3, 0.4) is 0 Å². The SMILES string of the molecule is C=C(C)C(=O)OCCCc1cc(-c2ccc(-c3ccc(C4CCC(CCCCC)CC4)cc3)cc2CC)c(CC)cc1OCC(COC(=O)CC(=O)OC)(COC(=O)CC(=O)OC)COC(=O)C(=C)C. The number of unbranched alkanes of at least 4 members (excludes halogenated alkanes) is 2. The van der Waals surface area contributed by atoms with E-state index in [9.17, 15) is 28.8 Å². The van der Waals surface area contributed by atoms with Gasteiger partial charge in [0.15, 0.2) is 0 Å². The minimum Gasteiger partial charge on any atom is -0.492 e. The highest BCUT2D eigenvalue weighted by atomic mass is 16.6. The topological polar surface area (TPSA) is 167 Å². The van der Waals surface area contributed by atoms with Crippen LogP contribution in [0.2, 0.25) is 0 Å². The first kappa shape index (κ1) is 56.3. The molecular weight excluding hydrogens is 893 g/mol. The molecule has 0 unspecified atom stereocenters. The Morgan fingerprint density at radius 2 is 1.14 bits per heavy atom. The highest BCUT2D eigenvalue weighted by Crippen LogP contribution is 2.40. The minimum atomic E-state index is -1.57. The van der Waals surface area contributed by atoms with Crippen LogP contribution < -0.4 is 4.74 Å². The van der Waals surface area contributed by atoms with E-state index in [-0.39, 0.29) is 24.4 Å². The lowest BCUT2D eigenvalue weighted by atomic mass is 9.77. The maximum atomic E-state index is 12.8. The van der Waals surface area contributed by atoms with Crippen molar-refractivity contribution in [3.63, 3.8) is 0 Å². The fourth-order valence-electron chi connectivity index (χ4n) is 8.61. The summed E-state index contributed by atoms with van der Waals surface area (Å²) in [5.74, 6) is -2.95. The second-order valence-corrected chi connectivity index (χ2v) is 18.5. The van der Waals surface area contributed by atoms with E-state index in [1.807, 2.05) is 13.0 Å². The van der Waals surface area contributed by atoms with Crippen molar-refractivity contribution in [3.05, 3.63) is 101 Å². The van der Waals surface area contributed by atoms with Gasteiger partial charge in [-0.3, -0.25) is 19.2 Å². The molecule has 0 bridgehead atoms. The van der Waals surface area contributed by atoms with Crippen molar-refractivity contribution < 1.29 is 61.9 Å². The van der Waals surface area contributed by atoms with E-state index >= 15 is 0 Å². The van der Waals surface area contributed by atoms with Gasteiger partial charge in [0.1, 0.15) is 50.4 Å². The van der Waals surface area contributed by atoms with Crippen LogP contribution in [0.4, 0.5) is 0 Å². The molecule has 1 aliphatic carbocycles. The van der Waals surface area contributed by atoms with E-state index in [2.05, 4.69) is 85.0 Å². The molecule has 13 nitrogen and oxygen atoms in total. The molecule has 0 spiro atoms. The maximum absolute atomic E-state index is 12.8. The number of ether oxygens (including phenoxy) is 7. The van der Waals surface area contributed by atoms with E-state index in [1.165, 1.54) is 63.9 Å². The Hall–Kier alpha value is -6.24. The summed E-state index contributed by atoms with van der Waals surface area (Å²) in [5.41, 5.74) is 7.45. The molecular formula is C57H74O13. The Morgan fingerprint density at radius 3 is 1.70 bits per heavy atom. The molecule has 0 aliphatic heterocycles. The lowest BCUT2D eigenvalue weighted by Gasteiger charge is -2.32. The number of carbonyl (C=O) groups excluding carboxylic acids is 6. The first-order valence-corrected chi connectivity index (χ1v) is 24.7. The summed E-state index contributed by atoms with van der Waals surface area (Å²) >= 11 is 0. The zero-order chi connectivity index (χ0) is 51.2. The molecule has 0 radical (unpaired) electrons. The Bertz CT molecular complexity index is 2250. The third-order valence-electron chi connectivity index (χ3n) is 12.9. The number of aryl methyl sites for hydroxylation is 3. The van der Waals surface area contributed by atoms with Crippen molar-refractivity contribution in [2.24, 2.45) is 11.3 Å². The summed E-state index contributed by atoms with van der Waals surface area (Å²) in [4.78, 5) is 74.6. The molecule has 380 valence electrons. The number of carbonyl (C=O) groups is 6. The van der Waals surface area contributed by atoms with E-state index < -0.39 is 73.9 Å². The molecule has 0 atom stereocenters. The van der Waals surface area contributed by atoms with Gasteiger partial charge in [-0.1, -0.05) is 102 Å². The maximum Gasteiger partial charge on any atom is 0.333 e. The quantitative estimate of drug-likeness (QED) is 0.0222. The van der Waals surface area contributed by atoms with Crippen LogP contribution in [0.5, 0.6) is 5.75 Å². The molecule has 1 saturated carbocycles. The predicted molar refractivity (Wildman–Crippen MR) is 268 cm³/mol. The normalized spacial score (nSPS) is 14.4. The van der Waals surface area contributed by atoms with E-state index in [0.29, 0.717) is 30.9 Å². The molecule has 0 heterocycles. The number of benzene rings is 3. The molecule has 1 fully saturated rings. The van der Waals surface area contributed by atoms with Crippen LogP contribution in [0.15, 0.2) is 78.9 Å². The van der Waals surface area contributed by atoms with Gasteiger partial charge in [0.2, 0.25) is 0 Å². The highest BCUT2D eigenvalue weighted by molar-refractivity contribution is 5.92. The number of methoxy groups -OCH3 is 2. The van der Waals surface area contributed by atoms with Crippen LogP contribution in [0.1, 0.15) is 133 Å².